The van der Waals surface area contributed by atoms with Crippen LogP contribution in [-0.2, 0) is 14.8 Å². The zero-order valence-electron chi connectivity index (χ0n) is 13.9. The molecular formula is C16H24N2O4S. The van der Waals surface area contributed by atoms with Crippen molar-refractivity contribution >= 4 is 21.6 Å². The van der Waals surface area contributed by atoms with Crippen molar-refractivity contribution in [2.45, 2.75) is 32.3 Å². The monoisotopic (exact) mass is 340 g/mol. The summed E-state index contributed by atoms with van der Waals surface area (Å²) in [5.41, 5.74) is 0.551. The number of rotatable bonds is 5. The van der Waals surface area contributed by atoms with Gasteiger partial charge in [-0.15, -0.1) is 0 Å². The van der Waals surface area contributed by atoms with E-state index < -0.39 is 16.1 Å². The highest BCUT2D eigenvalue weighted by Crippen LogP contribution is 2.21. The van der Waals surface area contributed by atoms with E-state index in [1.54, 1.807) is 31.2 Å². The summed E-state index contributed by atoms with van der Waals surface area (Å²) in [7, 11) is -1.79. The standard InChI is InChI=1S/C16H24N2O4S/c1-13(16(19)18-11-5-4-6-12-18)22-15-9-7-14(8-10-15)17(2)23(3,20)21/h7-10,13H,4-6,11-12H2,1-3H3. The van der Waals surface area contributed by atoms with Crippen LogP contribution in [0.15, 0.2) is 24.3 Å². The van der Waals surface area contributed by atoms with Crippen LogP contribution in [0.25, 0.3) is 0 Å². The van der Waals surface area contributed by atoms with Crippen molar-refractivity contribution in [3.05, 3.63) is 24.3 Å². The van der Waals surface area contributed by atoms with Crippen LogP contribution in [0.3, 0.4) is 0 Å². The van der Waals surface area contributed by atoms with Crippen LogP contribution < -0.4 is 9.04 Å². The maximum absolute atomic E-state index is 12.3. The highest BCUT2D eigenvalue weighted by atomic mass is 32.2. The molecule has 23 heavy (non-hydrogen) atoms. The first-order valence-electron chi connectivity index (χ1n) is 7.78. The summed E-state index contributed by atoms with van der Waals surface area (Å²) in [5, 5.41) is 0. The highest BCUT2D eigenvalue weighted by Gasteiger charge is 2.23. The SMILES string of the molecule is CC(Oc1ccc(N(C)S(C)(=O)=O)cc1)C(=O)N1CCCCC1. The van der Waals surface area contributed by atoms with Crippen molar-refractivity contribution in [3.8, 4) is 5.75 Å². The Bertz CT molecular complexity index is 637. The number of hydrogen-bond acceptors (Lipinski definition) is 4. The van der Waals surface area contributed by atoms with E-state index in [0.29, 0.717) is 11.4 Å². The molecule has 1 aliphatic rings. The number of amides is 1. The third-order valence-corrected chi connectivity index (χ3v) is 5.23. The fourth-order valence-electron chi connectivity index (χ4n) is 2.55. The molecule has 1 unspecified atom stereocenters. The molecule has 0 aromatic heterocycles. The van der Waals surface area contributed by atoms with Gasteiger partial charge in [0.25, 0.3) is 5.91 Å². The molecule has 0 bridgehead atoms. The second kappa shape index (κ2) is 7.21. The lowest BCUT2D eigenvalue weighted by molar-refractivity contribution is -0.138. The zero-order valence-corrected chi connectivity index (χ0v) is 14.7. The van der Waals surface area contributed by atoms with E-state index in [4.69, 9.17) is 4.74 Å². The molecule has 0 radical (unpaired) electrons. The van der Waals surface area contributed by atoms with Gasteiger partial charge in [-0.3, -0.25) is 9.10 Å². The minimum Gasteiger partial charge on any atom is -0.481 e. The molecule has 0 aliphatic carbocycles. The summed E-state index contributed by atoms with van der Waals surface area (Å²) in [4.78, 5) is 14.2. The molecule has 0 saturated carbocycles. The van der Waals surface area contributed by atoms with Gasteiger partial charge in [0.1, 0.15) is 5.75 Å². The average molecular weight is 340 g/mol. The minimum atomic E-state index is -3.29. The van der Waals surface area contributed by atoms with Gasteiger partial charge in [0.15, 0.2) is 6.10 Å². The molecule has 1 atom stereocenters. The van der Waals surface area contributed by atoms with E-state index in [-0.39, 0.29) is 5.91 Å². The molecule has 1 aromatic rings. The van der Waals surface area contributed by atoms with Gasteiger partial charge in [0, 0.05) is 20.1 Å². The summed E-state index contributed by atoms with van der Waals surface area (Å²) in [6.45, 7) is 3.34. The number of likely N-dealkylation sites (tertiary alicyclic amines) is 1. The fraction of sp³-hybridized carbons (Fsp3) is 0.562. The van der Waals surface area contributed by atoms with Crippen LogP contribution in [-0.4, -0.2) is 51.7 Å². The number of anilines is 1. The molecule has 128 valence electrons. The van der Waals surface area contributed by atoms with E-state index in [1.807, 2.05) is 4.90 Å². The number of nitrogens with zero attached hydrogens (tertiary/aromatic N) is 2. The molecule has 1 aliphatic heterocycles. The molecule has 1 aromatic carbocycles. The Balaban J connectivity index is 1.98. The molecular weight excluding hydrogens is 316 g/mol. The maximum Gasteiger partial charge on any atom is 0.263 e. The Kier molecular flexibility index (Phi) is 5.51. The molecule has 1 amide bonds. The molecule has 7 heteroatoms. The van der Waals surface area contributed by atoms with Crippen LogP contribution in [0.5, 0.6) is 5.75 Å². The van der Waals surface area contributed by atoms with Crippen molar-refractivity contribution in [3.63, 3.8) is 0 Å². The third kappa shape index (κ3) is 4.60. The largest absolute Gasteiger partial charge is 0.481 e. The van der Waals surface area contributed by atoms with Gasteiger partial charge in [-0.05, 0) is 50.5 Å². The van der Waals surface area contributed by atoms with Gasteiger partial charge in [0.2, 0.25) is 10.0 Å². The van der Waals surface area contributed by atoms with Gasteiger partial charge in [-0.25, -0.2) is 8.42 Å². The predicted octanol–water partition coefficient (Wildman–Crippen LogP) is 1.86. The molecule has 0 N–H and O–H groups in total. The lowest BCUT2D eigenvalue weighted by Crippen LogP contribution is -2.43. The van der Waals surface area contributed by atoms with Crippen LogP contribution in [0.2, 0.25) is 0 Å². The number of benzene rings is 1. The third-order valence-electron chi connectivity index (χ3n) is 4.03. The number of sulfonamides is 1. The molecule has 1 heterocycles. The van der Waals surface area contributed by atoms with Gasteiger partial charge < -0.3 is 9.64 Å². The minimum absolute atomic E-state index is 0.00188. The molecule has 6 nitrogen and oxygen atoms in total. The van der Waals surface area contributed by atoms with E-state index in [1.165, 1.54) is 17.8 Å². The molecule has 1 saturated heterocycles. The smallest absolute Gasteiger partial charge is 0.263 e. The first-order valence-corrected chi connectivity index (χ1v) is 9.63. The normalized spacial score (nSPS) is 16.7. The molecule has 0 spiro atoms. The first kappa shape index (κ1) is 17.6. The fourth-order valence-corrected chi connectivity index (χ4v) is 3.06. The Morgan fingerprint density at radius 2 is 1.74 bits per heavy atom. The number of hydrogen-bond donors (Lipinski definition) is 0. The summed E-state index contributed by atoms with van der Waals surface area (Å²) < 4.78 is 29.9. The second-order valence-electron chi connectivity index (χ2n) is 5.87. The van der Waals surface area contributed by atoms with Crippen LogP contribution in [0.4, 0.5) is 5.69 Å². The van der Waals surface area contributed by atoms with Crippen molar-refractivity contribution < 1.29 is 17.9 Å². The van der Waals surface area contributed by atoms with E-state index >= 15 is 0 Å². The van der Waals surface area contributed by atoms with Gasteiger partial charge in [-0.2, -0.15) is 0 Å². The lowest BCUT2D eigenvalue weighted by Gasteiger charge is -2.29. The zero-order chi connectivity index (χ0) is 17.0. The second-order valence-corrected chi connectivity index (χ2v) is 7.88. The average Bonchev–Trinajstić information content (AvgIpc) is 2.54. The number of piperidine rings is 1. The van der Waals surface area contributed by atoms with Gasteiger partial charge >= 0.3 is 0 Å². The summed E-state index contributed by atoms with van der Waals surface area (Å²) in [6, 6.07) is 6.68. The maximum atomic E-state index is 12.3. The van der Waals surface area contributed by atoms with E-state index in [0.717, 1.165) is 32.2 Å². The summed E-state index contributed by atoms with van der Waals surface area (Å²) >= 11 is 0. The number of carbonyl (C=O) groups excluding carboxylic acids is 1. The topological polar surface area (TPSA) is 66.9 Å². The first-order chi connectivity index (χ1) is 10.8. The van der Waals surface area contributed by atoms with Gasteiger partial charge in [0.05, 0.1) is 11.9 Å². The summed E-state index contributed by atoms with van der Waals surface area (Å²) in [6.07, 6.45) is 3.87. The van der Waals surface area contributed by atoms with Crippen molar-refractivity contribution in [2.24, 2.45) is 0 Å². The van der Waals surface area contributed by atoms with Crippen LogP contribution >= 0.6 is 0 Å². The van der Waals surface area contributed by atoms with E-state index in [9.17, 15) is 13.2 Å². The van der Waals surface area contributed by atoms with Crippen molar-refractivity contribution in [1.29, 1.82) is 0 Å². The Labute approximate surface area is 138 Å². The molecule has 2 rings (SSSR count). The van der Waals surface area contributed by atoms with Crippen molar-refractivity contribution in [2.75, 3.05) is 30.7 Å². The Morgan fingerprint density at radius 1 is 1.17 bits per heavy atom. The Morgan fingerprint density at radius 3 is 2.26 bits per heavy atom. The van der Waals surface area contributed by atoms with E-state index in [2.05, 4.69) is 0 Å². The predicted molar refractivity (Wildman–Crippen MR) is 90.2 cm³/mol. The lowest BCUT2D eigenvalue weighted by atomic mass is 10.1. The Hall–Kier alpha value is -1.76. The van der Waals surface area contributed by atoms with Crippen LogP contribution in [0.1, 0.15) is 26.2 Å². The summed E-state index contributed by atoms with van der Waals surface area (Å²) in [5.74, 6) is 0.551. The molecule has 1 fully saturated rings. The number of ether oxygens (including phenoxy) is 1. The van der Waals surface area contributed by atoms with Crippen molar-refractivity contribution in [1.82, 2.24) is 4.90 Å². The quantitative estimate of drug-likeness (QED) is 0.820. The number of carbonyl (C=O) groups is 1. The van der Waals surface area contributed by atoms with Gasteiger partial charge in [-0.1, -0.05) is 0 Å². The van der Waals surface area contributed by atoms with Crippen LogP contribution in [0, 0.1) is 0 Å². The highest BCUT2D eigenvalue weighted by molar-refractivity contribution is 7.92.